The molecule has 0 N–H and O–H groups in total. The molecule has 5 heteroatoms. The van der Waals surface area contributed by atoms with Crippen LogP contribution in [0.25, 0.3) is 0 Å². The van der Waals surface area contributed by atoms with Crippen LogP contribution in [0, 0.1) is 5.82 Å². The smallest absolute Gasteiger partial charge is 0.129 e. The van der Waals surface area contributed by atoms with Crippen LogP contribution < -0.4 is 0 Å². The van der Waals surface area contributed by atoms with Crippen molar-refractivity contribution in [2.24, 2.45) is 5.16 Å². The molecule has 4 nitrogen and oxygen atoms in total. The SMILES string of the molecule is Fc1ccc(/C(CCCN2CCCCC2)=N/OCCN2CCCCC2)cc1. The number of halogens is 1. The minimum Gasteiger partial charge on any atom is -0.394 e. The first-order valence-corrected chi connectivity index (χ1v) is 10.7. The van der Waals surface area contributed by atoms with Crippen molar-refractivity contribution in [3.63, 3.8) is 0 Å². The number of hydrogen-bond acceptors (Lipinski definition) is 4. The van der Waals surface area contributed by atoms with Gasteiger partial charge >= 0.3 is 0 Å². The molecule has 0 aromatic heterocycles. The molecular weight excluding hydrogens is 341 g/mol. The van der Waals surface area contributed by atoms with Crippen molar-refractivity contribution in [3.8, 4) is 0 Å². The van der Waals surface area contributed by atoms with Gasteiger partial charge in [0.2, 0.25) is 0 Å². The van der Waals surface area contributed by atoms with Gasteiger partial charge in [0.25, 0.3) is 0 Å². The summed E-state index contributed by atoms with van der Waals surface area (Å²) >= 11 is 0. The molecule has 2 heterocycles. The maximum Gasteiger partial charge on any atom is 0.129 e. The normalized spacial score (nSPS) is 20.0. The number of hydrogen-bond donors (Lipinski definition) is 0. The molecule has 0 amide bonds. The number of piperidine rings is 2. The second kappa shape index (κ2) is 11.4. The number of benzene rings is 1. The van der Waals surface area contributed by atoms with E-state index in [0.717, 1.165) is 37.2 Å². The molecule has 0 saturated carbocycles. The molecular formula is C22H34FN3O. The summed E-state index contributed by atoms with van der Waals surface area (Å²) in [7, 11) is 0. The summed E-state index contributed by atoms with van der Waals surface area (Å²) in [4.78, 5) is 10.7. The molecule has 2 aliphatic heterocycles. The van der Waals surface area contributed by atoms with Crippen molar-refractivity contribution in [3.05, 3.63) is 35.6 Å². The van der Waals surface area contributed by atoms with E-state index in [-0.39, 0.29) is 5.82 Å². The highest BCUT2D eigenvalue weighted by Gasteiger charge is 2.12. The molecule has 1 aromatic carbocycles. The highest BCUT2D eigenvalue weighted by atomic mass is 19.1. The average molecular weight is 376 g/mol. The Morgan fingerprint density at radius 3 is 2.07 bits per heavy atom. The highest BCUT2D eigenvalue weighted by molar-refractivity contribution is 6.00. The van der Waals surface area contributed by atoms with E-state index in [4.69, 9.17) is 4.84 Å². The Balaban J connectivity index is 1.49. The van der Waals surface area contributed by atoms with Crippen molar-refractivity contribution in [1.82, 2.24) is 9.80 Å². The summed E-state index contributed by atoms with van der Waals surface area (Å²) < 4.78 is 13.3. The topological polar surface area (TPSA) is 28.1 Å². The fourth-order valence-electron chi connectivity index (χ4n) is 4.01. The molecule has 0 unspecified atom stereocenters. The van der Waals surface area contributed by atoms with Crippen LogP contribution in [0.1, 0.15) is 56.9 Å². The van der Waals surface area contributed by atoms with Crippen LogP contribution in [0.2, 0.25) is 0 Å². The van der Waals surface area contributed by atoms with E-state index in [0.29, 0.717) is 6.61 Å². The van der Waals surface area contributed by atoms with Gasteiger partial charge in [-0.05, 0) is 88.9 Å². The molecule has 150 valence electrons. The summed E-state index contributed by atoms with van der Waals surface area (Å²) in [5.74, 6) is -0.211. The van der Waals surface area contributed by atoms with Gasteiger partial charge < -0.3 is 9.74 Å². The van der Waals surface area contributed by atoms with E-state index in [2.05, 4.69) is 15.0 Å². The molecule has 0 radical (unpaired) electrons. The lowest BCUT2D eigenvalue weighted by atomic mass is 10.0. The van der Waals surface area contributed by atoms with Gasteiger partial charge in [0.1, 0.15) is 12.4 Å². The predicted molar refractivity (Wildman–Crippen MR) is 109 cm³/mol. The van der Waals surface area contributed by atoms with Crippen LogP contribution >= 0.6 is 0 Å². The van der Waals surface area contributed by atoms with E-state index in [1.807, 2.05) is 12.1 Å². The molecule has 2 saturated heterocycles. The monoisotopic (exact) mass is 375 g/mol. The van der Waals surface area contributed by atoms with Gasteiger partial charge in [-0.3, -0.25) is 4.90 Å². The minimum absolute atomic E-state index is 0.211. The summed E-state index contributed by atoms with van der Waals surface area (Å²) in [6.45, 7) is 7.45. The van der Waals surface area contributed by atoms with Crippen molar-refractivity contribution < 1.29 is 9.23 Å². The summed E-state index contributed by atoms with van der Waals surface area (Å²) in [5, 5.41) is 4.44. The summed E-state index contributed by atoms with van der Waals surface area (Å²) in [6.07, 6.45) is 9.86. The average Bonchev–Trinajstić information content (AvgIpc) is 2.72. The Morgan fingerprint density at radius 1 is 0.852 bits per heavy atom. The maximum atomic E-state index is 13.3. The summed E-state index contributed by atoms with van der Waals surface area (Å²) in [6, 6.07) is 6.62. The van der Waals surface area contributed by atoms with Crippen LogP contribution in [0.5, 0.6) is 0 Å². The molecule has 2 aliphatic rings. The zero-order valence-corrected chi connectivity index (χ0v) is 16.5. The zero-order chi connectivity index (χ0) is 18.7. The molecule has 0 bridgehead atoms. The minimum atomic E-state index is -0.211. The standard InChI is InChI=1S/C22H34FN3O/c23-21-11-9-20(10-12-21)22(8-7-17-25-13-3-1-4-14-25)24-27-19-18-26-15-5-2-6-16-26/h9-12H,1-8,13-19H2/b24-22+. The molecule has 2 fully saturated rings. The number of rotatable bonds is 9. The van der Waals surface area contributed by atoms with E-state index in [9.17, 15) is 4.39 Å². The van der Waals surface area contributed by atoms with E-state index < -0.39 is 0 Å². The van der Waals surface area contributed by atoms with E-state index >= 15 is 0 Å². The van der Waals surface area contributed by atoms with Crippen molar-refractivity contribution >= 4 is 5.71 Å². The van der Waals surface area contributed by atoms with Gasteiger partial charge in [-0.15, -0.1) is 0 Å². The van der Waals surface area contributed by atoms with Gasteiger partial charge in [-0.1, -0.05) is 30.1 Å². The number of oxime groups is 1. The van der Waals surface area contributed by atoms with Crippen molar-refractivity contribution in [2.45, 2.75) is 51.4 Å². The molecule has 27 heavy (non-hydrogen) atoms. The fourth-order valence-corrected chi connectivity index (χ4v) is 4.01. The van der Waals surface area contributed by atoms with Gasteiger partial charge in [-0.25, -0.2) is 4.39 Å². The lowest BCUT2D eigenvalue weighted by molar-refractivity contribution is 0.102. The van der Waals surface area contributed by atoms with Crippen LogP contribution in [0.4, 0.5) is 4.39 Å². The molecule has 0 atom stereocenters. The zero-order valence-electron chi connectivity index (χ0n) is 16.5. The maximum absolute atomic E-state index is 13.3. The first-order chi connectivity index (χ1) is 13.3. The second-order valence-corrected chi connectivity index (χ2v) is 7.79. The third-order valence-electron chi connectivity index (χ3n) is 5.64. The van der Waals surface area contributed by atoms with Crippen LogP contribution in [0.3, 0.4) is 0 Å². The Morgan fingerprint density at radius 2 is 1.44 bits per heavy atom. The molecule has 1 aromatic rings. The van der Waals surface area contributed by atoms with E-state index in [1.165, 1.54) is 76.8 Å². The largest absolute Gasteiger partial charge is 0.394 e. The van der Waals surface area contributed by atoms with Gasteiger partial charge in [-0.2, -0.15) is 0 Å². The van der Waals surface area contributed by atoms with Crippen LogP contribution in [0.15, 0.2) is 29.4 Å². The van der Waals surface area contributed by atoms with Crippen LogP contribution in [-0.4, -0.2) is 61.4 Å². The Kier molecular flexibility index (Phi) is 8.56. The van der Waals surface area contributed by atoms with Crippen molar-refractivity contribution in [2.75, 3.05) is 45.9 Å². The third-order valence-corrected chi connectivity index (χ3v) is 5.64. The van der Waals surface area contributed by atoms with E-state index in [1.54, 1.807) is 0 Å². The fraction of sp³-hybridized carbons (Fsp3) is 0.682. The number of likely N-dealkylation sites (tertiary alicyclic amines) is 2. The molecule has 0 aliphatic carbocycles. The number of nitrogens with zero attached hydrogens (tertiary/aromatic N) is 3. The summed E-state index contributed by atoms with van der Waals surface area (Å²) in [5.41, 5.74) is 1.90. The Hall–Kier alpha value is -1.46. The molecule has 3 rings (SSSR count). The third kappa shape index (κ3) is 7.23. The lowest BCUT2D eigenvalue weighted by Crippen LogP contribution is -2.32. The van der Waals surface area contributed by atoms with Gasteiger partial charge in [0.05, 0.1) is 5.71 Å². The predicted octanol–water partition coefficient (Wildman–Crippen LogP) is 4.30. The van der Waals surface area contributed by atoms with Gasteiger partial charge in [0, 0.05) is 6.54 Å². The van der Waals surface area contributed by atoms with Crippen LogP contribution in [-0.2, 0) is 4.84 Å². The van der Waals surface area contributed by atoms with Gasteiger partial charge in [0.15, 0.2) is 0 Å². The Bertz CT molecular complexity index is 563. The Labute approximate surface area is 163 Å². The molecule has 0 spiro atoms. The highest BCUT2D eigenvalue weighted by Crippen LogP contribution is 2.13. The first-order valence-electron chi connectivity index (χ1n) is 10.7. The quantitative estimate of drug-likeness (QED) is 0.366. The first kappa shape index (κ1) is 20.3. The second-order valence-electron chi connectivity index (χ2n) is 7.79. The van der Waals surface area contributed by atoms with Crippen molar-refractivity contribution in [1.29, 1.82) is 0 Å². The lowest BCUT2D eigenvalue weighted by Gasteiger charge is -2.26.